The lowest BCUT2D eigenvalue weighted by molar-refractivity contribution is 0.591. The van der Waals surface area contributed by atoms with Gasteiger partial charge in [0.05, 0.1) is 56.7 Å². The molecule has 0 saturated carbocycles. The van der Waals surface area contributed by atoms with Gasteiger partial charge in [0.1, 0.15) is 0 Å². The molecule has 11 rings (SSSR count). The predicted molar refractivity (Wildman–Crippen MR) is 277 cm³/mol. The van der Waals surface area contributed by atoms with Gasteiger partial charge < -0.3 is 9.13 Å². The van der Waals surface area contributed by atoms with Crippen LogP contribution < -0.4 is 0 Å². The highest BCUT2D eigenvalue weighted by Gasteiger charge is 2.25. The molecule has 7 heteroatoms. The van der Waals surface area contributed by atoms with Crippen LogP contribution in [0, 0.1) is 22.7 Å². The summed E-state index contributed by atoms with van der Waals surface area (Å²) in [5.74, 6) is 1.50. The first-order valence-corrected chi connectivity index (χ1v) is 23.0. The first-order chi connectivity index (χ1) is 32.9. The molecule has 0 amide bonds. The number of rotatable bonds is 6. The zero-order chi connectivity index (χ0) is 46.9. The van der Waals surface area contributed by atoms with Crippen molar-refractivity contribution in [3.8, 4) is 68.8 Å². The van der Waals surface area contributed by atoms with Crippen LogP contribution in [-0.4, -0.2) is 24.1 Å². The molecule has 326 valence electrons. The summed E-state index contributed by atoms with van der Waals surface area (Å²) in [6.07, 6.45) is 0. The molecule has 0 bridgehead atoms. The second-order valence-corrected chi connectivity index (χ2v) is 19.6. The largest absolute Gasteiger partial charge is 0.308 e. The third-order valence-electron chi connectivity index (χ3n) is 13.2. The van der Waals surface area contributed by atoms with E-state index >= 15 is 0 Å². The maximum absolute atomic E-state index is 10.4. The van der Waals surface area contributed by atoms with E-state index in [9.17, 15) is 10.5 Å². The lowest BCUT2D eigenvalue weighted by Gasteiger charge is -2.20. The Morgan fingerprint density at radius 3 is 1.34 bits per heavy atom. The highest BCUT2D eigenvalue weighted by atomic mass is 15.1. The van der Waals surface area contributed by atoms with E-state index in [1.807, 2.05) is 72.8 Å². The van der Waals surface area contributed by atoms with Crippen LogP contribution in [0.2, 0.25) is 0 Å². The first kappa shape index (κ1) is 42.0. The Labute approximate surface area is 395 Å². The van der Waals surface area contributed by atoms with E-state index in [1.165, 1.54) is 11.1 Å². The number of nitriles is 2. The summed E-state index contributed by atoms with van der Waals surface area (Å²) in [7, 11) is 0. The highest BCUT2D eigenvalue weighted by molar-refractivity contribution is 6.11. The Hall–Kier alpha value is -8.65. The Morgan fingerprint density at radius 1 is 0.368 bits per heavy atom. The van der Waals surface area contributed by atoms with Crippen molar-refractivity contribution in [3.05, 3.63) is 198 Å². The van der Waals surface area contributed by atoms with Crippen LogP contribution in [0.1, 0.15) is 63.8 Å². The van der Waals surface area contributed by atoms with Crippen molar-refractivity contribution in [2.75, 3.05) is 0 Å². The van der Waals surface area contributed by atoms with Crippen molar-refractivity contribution >= 4 is 43.6 Å². The SMILES string of the molecule is CC(C)(C)c1ccc2c(c1)c1ccccc1n2-c1cc(C#N)ccc1-c1nc(-c2ccccc2)nc(-c2ccc(-c3ccc(C#N)cc3)cc2-n2c3ccccc3c3cc(C(C)(C)C)ccc32)n1. The van der Waals surface area contributed by atoms with Crippen molar-refractivity contribution in [2.45, 2.75) is 52.4 Å². The van der Waals surface area contributed by atoms with Gasteiger partial charge in [-0.05, 0) is 112 Å². The van der Waals surface area contributed by atoms with Gasteiger partial charge in [0.2, 0.25) is 0 Å². The van der Waals surface area contributed by atoms with Gasteiger partial charge in [0, 0.05) is 38.2 Å². The quantitative estimate of drug-likeness (QED) is 0.166. The molecule has 3 heterocycles. The van der Waals surface area contributed by atoms with Crippen LogP contribution in [0.3, 0.4) is 0 Å². The molecule has 0 radical (unpaired) electrons. The lowest BCUT2D eigenvalue weighted by Crippen LogP contribution is -2.10. The average molecular weight is 878 g/mol. The zero-order valence-electron chi connectivity index (χ0n) is 38.9. The number of hydrogen-bond acceptors (Lipinski definition) is 5. The first-order valence-electron chi connectivity index (χ1n) is 23.0. The summed E-state index contributed by atoms with van der Waals surface area (Å²) in [6, 6.07) is 65.2. The molecule has 0 unspecified atom stereocenters. The lowest BCUT2D eigenvalue weighted by atomic mass is 9.86. The van der Waals surface area contributed by atoms with Gasteiger partial charge in [-0.2, -0.15) is 10.5 Å². The Bertz CT molecular complexity index is 3880. The monoisotopic (exact) mass is 877 g/mol. The molecule has 0 aliphatic rings. The fraction of sp³-hybridized carbons (Fsp3) is 0.131. The maximum atomic E-state index is 10.4. The molecule has 8 aromatic carbocycles. The molecule has 0 atom stereocenters. The van der Waals surface area contributed by atoms with E-state index in [0.29, 0.717) is 28.6 Å². The van der Waals surface area contributed by atoms with Crippen molar-refractivity contribution in [2.24, 2.45) is 0 Å². The minimum absolute atomic E-state index is 0.0495. The van der Waals surface area contributed by atoms with Gasteiger partial charge in [-0.1, -0.05) is 139 Å². The van der Waals surface area contributed by atoms with Gasteiger partial charge >= 0.3 is 0 Å². The van der Waals surface area contributed by atoms with Gasteiger partial charge in [-0.15, -0.1) is 0 Å². The summed E-state index contributed by atoms with van der Waals surface area (Å²) in [5, 5.41) is 24.6. The molecule has 7 nitrogen and oxygen atoms in total. The molecule has 0 aliphatic heterocycles. The molecule has 0 fully saturated rings. The number of fused-ring (bicyclic) bond motifs is 6. The van der Waals surface area contributed by atoms with Crippen molar-refractivity contribution in [3.63, 3.8) is 0 Å². The van der Waals surface area contributed by atoms with E-state index in [2.05, 4.69) is 166 Å². The van der Waals surface area contributed by atoms with Gasteiger partial charge in [-0.25, -0.2) is 15.0 Å². The number of nitrogens with zero attached hydrogens (tertiary/aromatic N) is 7. The summed E-state index contributed by atoms with van der Waals surface area (Å²) >= 11 is 0. The van der Waals surface area contributed by atoms with Gasteiger partial charge in [-0.3, -0.25) is 0 Å². The van der Waals surface area contributed by atoms with Crippen LogP contribution in [0.5, 0.6) is 0 Å². The molecule has 0 spiro atoms. The van der Waals surface area contributed by atoms with Crippen molar-refractivity contribution in [1.82, 2.24) is 24.1 Å². The maximum Gasteiger partial charge on any atom is 0.166 e. The predicted octanol–water partition coefficient (Wildman–Crippen LogP) is 15.1. The molecular formula is C61H47N7. The topological polar surface area (TPSA) is 96.1 Å². The molecule has 3 aromatic heterocycles. The average Bonchev–Trinajstić information content (AvgIpc) is 3.88. The standard InChI is InChI=1S/C61H47N7/c1-60(2,3)43-26-30-53-49(34-43)45-16-10-12-18-51(45)67(53)55-32-39(37-63)22-28-47(55)58-64-57(41-14-8-7-9-15-41)65-59(66-58)48-29-25-42(40-23-20-38(36-62)21-24-40)33-56(48)68-52-19-13-11-17-46(52)50-35-44(61(4,5)6)27-31-54(50)68/h7-35H,1-6H3. The molecule has 0 N–H and O–H groups in total. The molecule has 0 aliphatic carbocycles. The Kier molecular flexibility index (Phi) is 9.92. The van der Waals surface area contributed by atoms with Crippen molar-refractivity contribution < 1.29 is 0 Å². The zero-order valence-corrected chi connectivity index (χ0v) is 38.9. The number of para-hydroxylation sites is 2. The van der Waals surface area contributed by atoms with Gasteiger partial charge in [0.15, 0.2) is 17.5 Å². The van der Waals surface area contributed by atoms with Crippen LogP contribution in [-0.2, 0) is 10.8 Å². The Balaban J connectivity index is 1.21. The summed E-state index contributed by atoms with van der Waals surface area (Å²) in [5.41, 5.74) is 13.8. The normalized spacial score (nSPS) is 11.9. The van der Waals surface area contributed by atoms with Crippen LogP contribution >= 0.6 is 0 Å². The second-order valence-electron chi connectivity index (χ2n) is 19.6. The fourth-order valence-electron chi connectivity index (χ4n) is 9.53. The van der Waals surface area contributed by atoms with Crippen LogP contribution in [0.4, 0.5) is 0 Å². The van der Waals surface area contributed by atoms with E-state index in [1.54, 1.807) is 0 Å². The van der Waals surface area contributed by atoms with Crippen LogP contribution in [0.25, 0.3) is 100 Å². The summed E-state index contributed by atoms with van der Waals surface area (Å²) in [6.45, 7) is 13.5. The minimum atomic E-state index is -0.0495. The van der Waals surface area contributed by atoms with Crippen molar-refractivity contribution in [1.29, 1.82) is 10.5 Å². The molecule has 68 heavy (non-hydrogen) atoms. The van der Waals surface area contributed by atoms with E-state index in [0.717, 1.165) is 82.8 Å². The Morgan fingerprint density at radius 2 is 0.809 bits per heavy atom. The highest BCUT2D eigenvalue weighted by Crippen LogP contribution is 2.42. The molecular weight excluding hydrogens is 831 g/mol. The summed E-state index contributed by atoms with van der Waals surface area (Å²) in [4.78, 5) is 16.1. The second kappa shape index (κ2) is 16.0. The number of hydrogen-bond donors (Lipinski definition) is 0. The van der Waals surface area contributed by atoms with E-state index < -0.39 is 0 Å². The molecule has 11 aromatic rings. The third kappa shape index (κ3) is 7.17. The summed E-state index contributed by atoms with van der Waals surface area (Å²) < 4.78 is 4.59. The number of benzene rings is 8. The third-order valence-corrected chi connectivity index (χ3v) is 13.2. The number of aromatic nitrogens is 5. The van der Waals surface area contributed by atoms with Crippen LogP contribution in [0.15, 0.2) is 176 Å². The smallest absolute Gasteiger partial charge is 0.166 e. The van der Waals surface area contributed by atoms with Gasteiger partial charge in [0.25, 0.3) is 0 Å². The van der Waals surface area contributed by atoms with E-state index in [4.69, 9.17) is 15.0 Å². The fourth-order valence-corrected chi connectivity index (χ4v) is 9.53. The minimum Gasteiger partial charge on any atom is -0.308 e. The molecule has 0 saturated heterocycles. The van der Waals surface area contributed by atoms with E-state index in [-0.39, 0.29) is 10.8 Å².